The monoisotopic (exact) mass is 335 g/mol. The highest BCUT2D eigenvalue weighted by atomic mass is 79.9. The number of hydrogen-bond donors (Lipinski definition) is 1. The van der Waals surface area contributed by atoms with Crippen molar-refractivity contribution in [2.75, 3.05) is 0 Å². The smallest absolute Gasteiger partial charge is 0.166 e. The van der Waals surface area contributed by atoms with Gasteiger partial charge in [0.05, 0.1) is 22.0 Å². The number of nitrogens with zero attached hydrogens (tertiary/aromatic N) is 3. The van der Waals surface area contributed by atoms with E-state index >= 15 is 0 Å². The molecule has 1 atom stereocenters. The Morgan fingerprint density at radius 1 is 1.50 bits per heavy atom. The van der Waals surface area contributed by atoms with Crippen LogP contribution in [0.5, 0.6) is 0 Å². The molecule has 3 rings (SSSR count). The lowest BCUT2D eigenvalue weighted by Gasteiger charge is -2.19. The van der Waals surface area contributed by atoms with Gasteiger partial charge in [-0.05, 0) is 53.4 Å². The topological polar surface area (TPSA) is 61.8 Å². The molecule has 1 aliphatic carbocycles. The van der Waals surface area contributed by atoms with Crippen LogP contribution in [0.4, 0.5) is 4.39 Å². The standard InChI is InChI=1S/C14H11BrFN3O/c15-10-6-8(4-5-11(10)16)19-14-9(12(7-17)18-19)2-1-3-13(14)20/h4-6,13,20H,1-3H2/t13-/m1/s1. The van der Waals surface area contributed by atoms with Gasteiger partial charge in [0.15, 0.2) is 5.69 Å². The molecule has 20 heavy (non-hydrogen) atoms. The first-order chi connectivity index (χ1) is 9.61. The minimum absolute atomic E-state index is 0.322. The second-order valence-electron chi connectivity index (χ2n) is 4.74. The van der Waals surface area contributed by atoms with Crippen LogP contribution in [-0.4, -0.2) is 14.9 Å². The van der Waals surface area contributed by atoms with E-state index in [1.165, 1.54) is 6.07 Å². The van der Waals surface area contributed by atoms with Gasteiger partial charge in [-0.3, -0.25) is 0 Å². The van der Waals surface area contributed by atoms with Crippen LogP contribution < -0.4 is 0 Å². The van der Waals surface area contributed by atoms with Crippen LogP contribution in [0.1, 0.15) is 35.9 Å². The molecule has 1 heterocycles. The number of rotatable bonds is 1. The summed E-state index contributed by atoms with van der Waals surface area (Å²) in [5.41, 5.74) is 2.40. The lowest BCUT2D eigenvalue weighted by molar-refractivity contribution is 0.149. The van der Waals surface area contributed by atoms with E-state index in [9.17, 15) is 9.50 Å². The van der Waals surface area contributed by atoms with Gasteiger partial charge < -0.3 is 5.11 Å². The number of aliphatic hydroxyl groups excluding tert-OH is 1. The Bertz CT molecular complexity index is 720. The van der Waals surface area contributed by atoms with Crippen molar-refractivity contribution in [3.8, 4) is 11.8 Å². The van der Waals surface area contributed by atoms with Crippen LogP contribution in [0.3, 0.4) is 0 Å². The predicted octanol–water partition coefficient (Wildman–Crippen LogP) is 3.02. The highest BCUT2D eigenvalue weighted by Crippen LogP contribution is 2.33. The minimum atomic E-state index is -0.642. The molecule has 0 aliphatic heterocycles. The van der Waals surface area contributed by atoms with E-state index in [2.05, 4.69) is 27.1 Å². The van der Waals surface area contributed by atoms with Crippen molar-refractivity contribution in [3.63, 3.8) is 0 Å². The zero-order valence-corrected chi connectivity index (χ0v) is 12.1. The number of fused-ring (bicyclic) bond motifs is 1. The summed E-state index contributed by atoms with van der Waals surface area (Å²) in [7, 11) is 0. The van der Waals surface area contributed by atoms with Crippen molar-refractivity contribution in [1.82, 2.24) is 9.78 Å². The lowest BCUT2D eigenvalue weighted by atomic mass is 9.93. The summed E-state index contributed by atoms with van der Waals surface area (Å²) in [6.07, 6.45) is 1.57. The van der Waals surface area contributed by atoms with Crippen LogP contribution in [0.2, 0.25) is 0 Å². The summed E-state index contributed by atoms with van der Waals surface area (Å²) in [6.45, 7) is 0. The molecule has 0 amide bonds. The molecule has 1 N–H and O–H groups in total. The third-order valence-corrected chi connectivity index (χ3v) is 4.10. The minimum Gasteiger partial charge on any atom is -0.387 e. The molecule has 0 unspecified atom stereocenters. The summed E-state index contributed by atoms with van der Waals surface area (Å²) >= 11 is 3.13. The molecule has 1 aromatic carbocycles. The van der Waals surface area contributed by atoms with Crippen LogP contribution in [0.25, 0.3) is 5.69 Å². The number of aromatic nitrogens is 2. The Morgan fingerprint density at radius 3 is 3.00 bits per heavy atom. The second-order valence-corrected chi connectivity index (χ2v) is 5.60. The lowest BCUT2D eigenvalue weighted by Crippen LogP contribution is -2.13. The maximum absolute atomic E-state index is 13.3. The quantitative estimate of drug-likeness (QED) is 0.871. The van der Waals surface area contributed by atoms with Gasteiger partial charge in [0.2, 0.25) is 0 Å². The maximum atomic E-state index is 13.3. The van der Waals surface area contributed by atoms with Gasteiger partial charge >= 0.3 is 0 Å². The average Bonchev–Trinajstić information content (AvgIpc) is 2.82. The van der Waals surface area contributed by atoms with E-state index in [0.29, 0.717) is 28.0 Å². The molecule has 0 spiro atoms. The summed E-state index contributed by atoms with van der Waals surface area (Å²) in [4.78, 5) is 0. The fourth-order valence-corrected chi connectivity index (χ4v) is 2.93. The van der Waals surface area contributed by atoms with Gasteiger partial charge in [-0.1, -0.05) is 0 Å². The van der Waals surface area contributed by atoms with E-state index in [-0.39, 0.29) is 5.82 Å². The van der Waals surface area contributed by atoms with Crippen molar-refractivity contribution in [2.45, 2.75) is 25.4 Å². The first-order valence-corrected chi connectivity index (χ1v) is 7.06. The van der Waals surface area contributed by atoms with Crippen molar-refractivity contribution in [1.29, 1.82) is 5.26 Å². The van der Waals surface area contributed by atoms with E-state index in [1.54, 1.807) is 16.8 Å². The molecule has 0 saturated carbocycles. The molecule has 6 heteroatoms. The van der Waals surface area contributed by atoms with Crippen LogP contribution in [-0.2, 0) is 6.42 Å². The fraction of sp³-hybridized carbons (Fsp3) is 0.286. The Morgan fingerprint density at radius 2 is 2.30 bits per heavy atom. The van der Waals surface area contributed by atoms with Crippen molar-refractivity contribution in [3.05, 3.63) is 45.4 Å². The van der Waals surface area contributed by atoms with Gasteiger partial charge in [-0.25, -0.2) is 9.07 Å². The van der Waals surface area contributed by atoms with Gasteiger partial charge in [0.1, 0.15) is 11.9 Å². The molecule has 0 saturated heterocycles. The summed E-state index contributed by atoms with van der Waals surface area (Å²) in [5.74, 6) is -0.365. The van der Waals surface area contributed by atoms with Crippen molar-refractivity contribution >= 4 is 15.9 Å². The number of aliphatic hydroxyl groups is 1. The van der Waals surface area contributed by atoms with Gasteiger partial charge in [0.25, 0.3) is 0 Å². The van der Waals surface area contributed by atoms with E-state index in [4.69, 9.17) is 5.26 Å². The Balaban J connectivity index is 2.21. The first kappa shape index (κ1) is 13.3. The zero-order valence-electron chi connectivity index (χ0n) is 10.5. The Kier molecular flexibility index (Phi) is 3.32. The number of halogens is 2. The molecule has 2 aromatic rings. The van der Waals surface area contributed by atoms with Crippen molar-refractivity contribution < 1.29 is 9.50 Å². The largest absolute Gasteiger partial charge is 0.387 e. The highest BCUT2D eigenvalue weighted by Gasteiger charge is 2.27. The molecule has 1 aliphatic rings. The van der Waals surface area contributed by atoms with Gasteiger partial charge in [-0.15, -0.1) is 0 Å². The number of hydrogen-bond acceptors (Lipinski definition) is 3. The van der Waals surface area contributed by atoms with E-state index in [1.807, 2.05) is 0 Å². The van der Waals surface area contributed by atoms with E-state index in [0.717, 1.165) is 18.4 Å². The number of nitriles is 1. The van der Waals surface area contributed by atoms with Crippen LogP contribution >= 0.6 is 15.9 Å². The van der Waals surface area contributed by atoms with E-state index < -0.39 is 6.10 Å². The molecule has 0 bridgehead atoms. The van der Waals surface area contributed by atoms with Crippen molar-refractivity contribution in [2.24, 2.45) is 0 Å². The second kappa shape index (κ2) is 5.00. The van der Waals surface area contributed by atoms with Crippen LogP contribution in [0, 0.1) is 17.1 Å². The average molecular weight is 336 g/mol. The van der Waals surface area contributed by atoms with Crippen LogP contribution in [0.15, 0.2) is 22.7 Å². The molecule has 102 valence electrons. The van der Waals surface area contributed by atoms with Gasteiger partial charge in [-0.2, -0.15) is 10.4 Å². The molecule has 4 nitrogen and oxygen atoms in total. The molecule has 0 fully saturated rings. The fourth-order valence-electron chi connectivity index (χ4n) is 2.56. The normalized spacial score (nSPS) is 17.6. The number of benzene rings is 1. The maximum Gasteiger partial charge on any atom is 0.166 e. The summed E-state index contributed by atoms with van der Waals surface area (Å²) in [6, 6.07) is 6.56. The summed E-state index contributed by atoms with van der Waals surface area (Å²) in [5, 5.41) is 23.6. The zero-order chi connectivity index (χ0) is 14.3. The SMILES string of the molecule is N#Cc1nn(-c2ccc(F)c(Br)c2)c2c1CCC[C@H]2O. The highest BCUT2D eigenvalue weighted by molar-refractivity contribution is 9.10. The Hall–Kier alpha value is -1.71. The molecular weight excluding hydrogens is 325 g/mol. The third kappa shape index (κ3) is 2.03. The van der Waals surface area contributed by atoms with Gasteiger partial charge in [0, 0.05) is 5.56 Å². The molecule has 1 aromatic heterocycles. The summed E-state index contributed by atoms with van der Waals surface area (Å²) < 4.78 is 15.2. The third-order valence-electron chi connectivity index (χ3n) is 3.50. The Labute approximate surface area is 123 Å². The predicted molar refractivity (Wildman–Crippen MR) is 73.8 cm³/mol. The molecular formula is C14H11BrFN3O. The molecule has 0 radical (unpaired) electrons. The first-order valence-electron chi connectivity index (χ1n) is 6.27.